The summed E-state index contributed by atoms with van der Waals surface area (Å²) in [4.78, 5) is 154. The molecule has 28 N–H and O–H groups in total. The Morgan fingerprint density at radius 2 is 0.769 bits per heavy atom. The van der Waals surface area contributed by atoms with Crippen molar-refractivity contribution in [3.63, 3.8) is 0 Å². The van der Waals surface area contributed by atoms with Crippen LogP contribution in [0.4, 0.5) is 0 Å². The molecule has 0 aromatic rings. The van der Waals surface area contributed by atoms with Gasteiger partial charge in [-0.1, -0.05) is 13.8 Å². The van der Waals surface area contributed by atoms with E-state index in [1.165, 1.54) is 13.8 Å². The number of carboxylic acids is 3. The van der Waals surface area contributed by atoms with E-state index in [4.69, 9.17) is 45.2 Å². The lowest BCUT2D eigenvalue weighted by atomic mass is 10.0. The van der Waals surface area contributed by atoms with Crippen molar-refractivity contribution in [2.24, 2.45) is 61.0 Å². The molecule has 0 bridgehead atoms. The number of nitrogens with one attached hydrogen (secondary N) is 8. The Labute approximate surface area is 447 Å². The average molecular weight is 1120 g/mol. The maximum atomic E-state index is 13.9. The average Bonchev–Trinajstić information content (AvgIpc) is 3.33. The van der Waals surface area contributed by atoms with Crippen LogP contribution in [0.3, 0.4) is 0 Å². The first-order chi connectivity index (χ1) is 36.3. The minimum Gasteiger partial charge on any atom is -0.481 e. The van der Waals surface area contributed by atoms with Crippen LogP contribution in [-0.2, 0) is 52.7 Å². The van der Waals surface area contributed by atoms with Gasteiger partial charge < -0.3 is 113 Å². The molecule has 0 aliphatic carbocycles. The SMILES string of the molecule is CC(C)[C@H](NC(=O)[C@H](CCCN=C(N)N)NC(=O)[C@H](CO)NC(=O)[C@H](CCCN=C(N)N)NC(=O)[C@@H](NC(=O)[C@H](CC(=O)O)NC(=O)[C@@H](NC(=O)[C@@H](N)CCCN=C(N)N)[C@@H](C)O)[C@@H](C)O)C(=O)N[C@@H](CCC(=O)O)C(=O)O. The van der Waals surface area contributed by atoms with Crippen LogP contribution >= 0.6 is 0 Å². The number of carboxylic acid groups (broad SMARTS) is 3. The quantitative estimate of drug-likeness (QED) is 0.0155. The number of nitrogens with zero attached hydrogens (tertiary/aromatic N) is 3. The highest BCUT2D eigenvalue weighted by atomic mass is 16.4. The number of aliphatic carboxylic acids is 3. The molecule has 35 heteroatoms. The first-order valence-electron chi connectivity index (χ1n) is 24.3. The van der Waals surface area contributed by atoms with Crippen molar-refractivity contribution >= 4 is 83.0 Å². The largest absolute Gasteiger partial charge is 0.481 e. The molecule has 442 valence electrons. The number of carbonyl (C=O) groups excluding carboxylic acids is 8. The van der Waals surface area contributed by atoms with E-state index in [9.17, 15) is 78.3 Å². The lowest BCUT2D eigenvalue weighted by Gasteiger charge is -2.29. The molecular weight excluding hydrogens is 1040 g/mol. The number of hydrogen-bond acceptors (Lipinski definition) is 18. The molecule has 0 saturated heterocycles. The molecule has 0 aliphatic rings. The molecule has 0 spiro atoms. The number of nitrogens with two attached hydrogens (primary N) is 7. The maximum absolute atomic E-state index is 13.9. The predicted molar refractivity (Wildman–Crippen MR) is 275 cm³/mol. The summed E-state index contributed by atoms with van der Waals surface area (Å²) in [5, 5.41) is 77.4. The van der Waals surface area contributed by atoms with Crippen LogP contribution in [-0.4, -0.2) is 207 Å². The summed E-state index contributed by atoms with van der Waals surface area (Å²) in [5.74, 6) is -15.4. The topological polar surface area (TPSA) is 625 Å². The van der Waals surface area contributed by atoms with Gasteiger partial charge in [0.25, 0.3) is 0 Å². The van der Waals surface area contributed by atoms with E-state index in [0.717, 1.165) is 13.8 Å². The molecule has 78 heavy (non-hydrogen) atoms. The van der Waals surface area contributed by atoms with Crippen molar-refractivity contribution < 1.29 is 83.4 Å². The molecule has 0 heterocycles. The van der Waals surface area contributed by atoms with E-state index < -0.39 is 164 Å². The Balaban J connectivity index is 6.67. The van der Waals surface area contributed by atoms with Crippen molar-refractivity contribution in [1.29, 1.82) is 0 Å². The molecule has 0 radical (unpaired) electrons. The number of aliphatic hydroxyl groups excluding tert-OH is 3. The fourth-order valence-electron chi connectivity index (χ4n) is 6.74. The van der Waals surface area contributed by atoms with Crippen LogP contribution in [0.25, 0.3) is 0 Å². The standard InChI is InChI=1S/C43H78N18O17/c1-18(2)29(37(74)56-24(40(77)78)11-12-27(65)66)59-34(71)23(10-7-15-53-43(49)50)54-36(73)26(17-62)58-33(70)22(9-6-14-52-42(47)48)55-38(75)31(20(4)64)61-35(72)25(16-28(67)68)57-39(76)30(19(3)63)60-32(69)21(44)8-5-13-51-41(45)46/h18-26,29-31,62-64H,5-17,44H2,1-4H3,(H,54,73)(H,55,75)(H,56,74)(H,57,76)(H,58,70)(H,59,71)(H,60,69)(H,61,72)(H,65,66)(H,67,68)(H,77,78)(H4,45,46,51)(H4,47,48,52)(H4,49,50,53)/t19-,20-,21+,22+,23+,24+,25+,26+,29+,30+,31+/m1/s1. The number of amides is 8. The van der Waals surface area contributed by atoms with E-state index in [-0.39, 0.29) is 76.0 Å². The van der Waals surface area contributed by atoms with Gasteiger partial charge in [0.15, 0.2) is 17.9 Å². The van der Waals surface area contributed by atoms with Gasteiger partial charge in [0, 0.05) is 26.1 Å². The zero-order valence-corrected chi connectivity index (χ0v) is 43.7. The van der Waals surface area contributed by atoms with E-state index in [0.29, 0.717) is 0 Å². The Morgan fingerprint density at radius 3 is 1.17 bits per heavy atom. The zero-order valence-electron chi connectivity index (χ0n) is 43.7. The lowest BCUT2D eigenvalue weighted by molar-refractivity contribution is -0.144. The number of carbonyl (C=O) groups is 11. The van der Waals surface area contributed by atoms with Gasteiger partial charge in [-0.2, -0.15) is 0 Å². The summed E-state index contributed by atoms with van der Waals surface area (Å²) in [6, 6.07) is -15.4. The number of rotatable bonds is 38. The van der Waals surface area contributed by atoms with Gasteiger partial charge >= 0.3 is 17.9 Å². The zero-order chi connectivity index (χ0) is 60.0. The highest BCUT2D eigenvalue weighted by Gasteiger charge is 2.37. The third-order valence-corrected chi connectivity index (χ3v) is 10.9. The number of aliphatic hydroxyl groups is 3. The summed E-state index contributed by atoms with van der Waals surface area (Å²) in [7, 11) is 0. The third kappa shape index (κ3) is 28.1. The van der Waals surface area contributed by atoms with Gasteiger partial charge in [0.1, 0.15) is 48.3 Å². The summed E-state index contributed by atoms with van der Waals surface area (Å²) in [5.41, 5.74) is 38.1. The van der Waals surface area contributed by atoms with Crippen LogP contribution < -0.4 is 82.7 Å². The van der Waals surface area contributed by atoms with Gasteiger partial charge in [0.05, 0.1) is 31.3 Å². The lowest BCUT2D eigenvalue weighted by Crippen LogP contribution is -2.63. The molecule has 0 unspecified atom stereocenters. The highest BCUT2D eigenvalue weighted by molar-refractivity contribution is 5.99. The number of hydrogen-bond donors (Lipinski definition) is 21. The Morgan fingerprint density at radius 1 is 0.423 bits per heavy atom. The second-order valence-electron chi connectivity index (χ2n) is 18.0. The van der Waals surface area contributed by atoms with Crippen LogP contribution in [0, 0.1) is 5.92 Å². The summed E-state index contributed by atoms with van der Waals surface area (Å²) in [6.07, 6.45) is -6.11. The first kappa shape index (κ1) is 69.8. The Kier molecular flexibility index (Phi) is 32.2. The smallest absolute Gasteiger partial charge is 0.326 e. The van der Waals surface area contributed by atoms with Crippen LogP contribution in [0.1, 0.15) is 85.5 Å². The molecule has 11 atom stereocenters. The van der Waals surface area contributed by atoms with Gasteiger partial charge in [-0.3, -0.25) is 62.9 Å². The number of guanidine groups is 3. The van der Waals surface area contributed by atoms with Crippen molar-refractivity contribution in [2.45, 2.75) is 152 Å². The molecule has 0 aromatic heterocycles. The molecule has 0 aromatic carbocycles. The minimum absolute atomic E-state index is 0.00966. The minimum atomic E-state index is -2.04. The van der Waals surface area contributed by atoms with E-state index in [2.05, 4.69) is 57.5 Å². The molecule has 0 fully saturated rings. The summed E-state index contributed by atoms with van der Waals surface area (Å²) < 4.78 is 0. The van der Waals surface area contributed by atoms with Gasteiger partial charge in [-0.25, -0.2) is 4.79 Å². The van der Waals surface area contributed by atoms with Crippen molar-refractivity contribution in [3.8, 4) is 0 Å². The Hall–Kier alpha value is -8.18. The molecular formula is C43H78N18O17. The number of aliphatic imine (C=N–C) groups is 3. The predicted octanol–water partition coefficient (Wildman–Crippen LogP) is -9.81. The van der Waals surface area contributed by atoms with Crippen molar-refractivity contribution in [2.75, 3.05) is 26.2 Å². The van der Waals surface area contributed by atoms with Crippen LogP contribution in [0.15, 0.2) is 15.0 Å². The van der Waals surface area contributed by atoms with Gasteiger partial charge in [-0.05, 0) is 64.7 Å². The van der Waals surface area contributed by atoms with E-state index >= 15 is 0 Å². The van der Waals surface area contributed by atoms with Crippen LogP contribution in [0.2, 0.25) is 0 Å². The molecule has 0 saturated carbocycles. The van der Waals surface area contributed by atoms with E-state index in [1.54, 1.807) is 0 Å². The molecule has 35 nitrogen and oxygen atoms in total. The molecule has 0 rings (SSSR count). The van der Waals surface area contributed by atoms with Gasteiger partial charge in [-0.15, -0.1) is 0 Å². The first-order valence-corrected chi connectivity index (χ1v) is 24.3. The summed E-state index contributed by atoms with van der Waals surface area (Å²) in [6.45, 7) is 3.84. The van der Waals surface area contributed by atoms with Gasteiger partial charge in [0.2, 0.25) is 47.3 Å². The second-order valence-corrected chi connectivity index (χ2v) is 18.0. The molecule has 8 amide bonds. The van der Waals surface area contributed by atoms with Crippen LogP contribution in [0.5, 0.6) is 0 Å². The third-order valence-electron chi connectivity index (χ3n) is 10.9. The fraction of sp³-hybridized carbons (Fsp3) is 0.674. The Bertz CT molecular complexity index is 2150. The van der Waals surface area contributed by atoms with E-state index in [1.807, 2.05) is 0 Å². The highest BCUT2D eigenvalue weighted by Crippen LogP contribution is 2.10. The normalized spacial score (nSPS) is 15.1. The maximum Gasteiger partial charge on any atom is 0.326 e. The fourth-order valence-corrected chi connectivity index (χ4v) is 6.74. The monoisotopic (exact) mass is 1120 g/mol. The van der Waals surface area contributed by atoms with Crippen molar-refractivity contribution in [3.05, 3.63) is 0 Å². The molecule has 0 aliphatic heterocycles. The van der Waals surface area contributed by atoms with Crippen molar-refractivity contribution in [1.82, 2.24) is 42.5 Å². The second kappa shape index (κ2) is 36.0. The summed E-state index contributed by atoms with van der Waals surface area (Å²) >= 11 is 0.